The molecule has 6 aromatic carbocycles. The first-order chi connectivity index (χ1) is 57.0. The number of hydrogen-bond donors (Lipinski definition) is 4. The van der Waals surface area contributed by atoms with E-state index >= 15 is 0 Å². The lowest BCUT2D eigenvalue weighted by molar-refractivity contribution is -0.156. The van der Waals surface area contributed by atoms with E-state index in [0.717, 1.165) is 116 Å². The van der Waals surface area contributed by atoms with Crippen molar-refractivity contribution in [3.63, 3.8) is 0 Å². The van der Waals surface area contributed by atoms with Gasteiger partial charge in [0.2, 0.25) is 0 Å². The molecule has 3 amide bonds. The van der Waals surface area contributed by atoms with Gasteiger partial charge in [0.1, 0.15) is 63.2 Å². The summed E-state index contributed by atoms with van der Waals surface area (Å²) >= 11 is 0. The molecule has 3 atom stereocenters. The highest BCUT2D eigenvalue weighted by Gasteiger charge is 2.34. The van der Waals surface area contributed by atoms with Gasteiger partial charge in [0, 0.05) is 12.1 Å². The van der Waals surface area contributed by atoms with Crippen LogP contribution in [0.2, 0.25) is 0 Å². The molecule has 0 saturated heterocycles. The Labute approximate surface area is 693 Å². The van der Waals surface area contributed by atoms with Crippen LogP contribution in [0.1, 0.15) is 217 Å². The lowest BCUT2D eigenvalue weighted by Crippen LogP contribution is -2.38. The smallest absolute Gasteiger partial charge is 0.308 e. The number of aryl methyl sites for hydroxylation is 2. The van der Waals surface area contributed by atoms with E-state index in [0.29, 0.717) is 71.4 Å². The molecule has 12 rings (SSSR count). The average molecular weight is 1640 g/mol. The van der Waals surface area contributed by atoms with E-state index in [-0.39, 0.29) is 77.8 Å². The van der Waals surface area contributed by atoms with Crippen LogP contribution in [0.5, 0.6) is 34.5 Å². The number of hydrogen-bond acceptors (Lipinski definition) is 17. The number of methoxy groups -OCH3 is 6. The molecule has 24 nitrogen and oxygen atoms in total. The molecule has 3 aromatic heterocycles. The SMILES string of the molecule is COc1cccc(OC)c1-c1cc(C(=O)N[C@@H](/C=C/c2ccc(F)cc2)CC(=O)OC(C)(C)C)nn1C1CCCC1.COc1cccc(OC)c1-c1cc(C(=O)N[C@@H](CCc2ccc(F)cc2)CC(=O)O)nn1C1CCCC1.COc1cccc(OC)c1-c1cc(C(=O)N[C@@H](CCc2ccc(F)cc2)CC(=O)OC(C)(C)C)nn1C1CCCC1. The Kier molecular flexibility index (Phi) is 31.5. The standard InChI is InChI=1S/C32H40FN3O5.C32H38FN3O5.C28H32FN3O5/c2*1-32(2,3)41-29(37)19-23(18-15-21-13-16-22(33)17-14-21)34-31(38)25-20-26(36(35-25)24-9-6-7-10-24)30-27(39-4)11-8-12-28(30)40-5;1-36-24-8-5-9-25(37-2)27(24)23-17-22(31-32(23)21-6-3-4-7-21)28(35)30-20(16-26(33)34)15-12-18-10-13-19(29)14-11-18/h8,11-14,16-17,20,23-24H,6-7,9-10,15,18-19H2,1-5H3,(H,34,38);8,11-18,20,23-24H,6-7,9-10,19H2,1-5H3,(H,34,38);5,8-11,13-14,17,20-21H,3-4,6-7,12,15-16H2,1-2H3,(H,30,35)(H,33,34)/b;18-15+;/t2*23-;20-/m000/s1. The zero-order chi connectivity index (χ0) is 85.5. The van der Waals surface area contributed by atoms with E-state index in [4.69, 9.17) is 48.1 Å². The molecule has 0 radical (unpaired) electrons. The minimum Gasteiger partial charge on any atom is -0.496 e. The fraction of sp³-hybridized carbons (Fsp3) is 0.424. The Hall–Kier alpha value is -11.9. The number of ether oxygens (including phenoxy) is 8. The van der Waals surface area contributed by atoms with Crippen LogP contribution in [0.3, 0.4) is 0 Å². The number of halogens is 3. The van der Waals surface area contributed by atoms with Gasteiger partial charge in [0.15, 0.2) is 17.1 Å². The van der Waals surface area contributed by atoms with Gasteiger partial charge < -0.3 is 59.0 Å². The van der Waals surface area contributed by atoms with Crippen molar-refractivity contribution in [2.24, 2.45) is 0 Å². The number of rotatable bonds is 32. The Balaban J connectivity index is 0.000000188. The zero-order valence-corrected chi connectivity index (χ0v) is 69.9. The molecule has 3 fully saturated rings. The van der Waals surface area contributed by atoms with Gasteiger partial charge in [-0.15, -0.1) is 0 Å². The second-order valence-electron chi connectivity index (χ2n) is 31.8. The molecular weight excluding hydrogens is 1530 g/mol. The summed E-state index contributed by atoms with van der Waals surface area (Å²) < 4.78 is 90.6. The van der Waals surface area contributed by atoms with Crippen molar-refractivity contribution in [2.45, 2.75) is 211 Å². The normalized spacial score (nSPS) is 14.5. The highest BCUT2D eigenvalue weighted by molar-refractivity contribution is 5.96. The van der Waals surface area contributed by atoms with Crippen LogP contribution in [0.15, 0.2) is 152 Å². The molecule has 4 N–H and O–H groups in total. The number of benzene rings is 6. The van der Waals surface area contributed by atoms with Gasteiger partial charge in [-0.3, -0.25) is 42.8 Å². The van der Waals surface area contributed by atoms with E-state index in [2.05, 4.69) is 21.0 Å². The predicted molar refractivity (Wildman–Crippen MR) is 447 cm³/mol. The Morgan fingerprint density at radius 1 is 0.429 bits per heavy atom. The molecule has 0 unspecified atom stereocenters. The molecule has 0 spiro atoms. The van der Waals surface area contributed by atoms with Crippen LogP contribution >= 0.6 is 0 Å². The molecule has 0 aliphatic heterocycles. The first kappa shape index (κ1) is 89.4. The average Bonchev–Trinajstić information content (AvgIpc) is 1.66. The van der Waals surface area contributed by atoms with Gasteiger partial charge in [-0.05, 0) is 213 Å². The molecule has 3 heterocycles. The minimum atomic E-state index is -1.01. The summed E-state index contributed by atoms with van der Waals surface area (Å²) in [5.74, 6) is -0.456. The van der Waals surface area contributed by atoms with Crippen LogP contribution in [-0.4, -0.2) is 142 Å². The number of carbonyl (C=O) groups excluding carboxylic acids is 5. The molecule has 119 heavy (non-hydrogen) atoms. The van der Waals surface area contributed by atoms with Crippen molar-refractivity contribution in [2.75, 3.05) is 42.7 Å². The predicted octanol–water partition coefficient (Wildman–Crippen LogP) is 17.7. The lowest BCUT2D eigenvalue weighted by Gasteiger charge is -2.23. The summed E-state index contributed by atoms with van der Waals surface area (Å²) in [4.78, 5) is 77.5. The Morgan fingerprint density at radius 3 is 1.03 bits per heavy atom. The second kappa shape index (κ2) is 42.0. The lowest BCUT2D eigenvalue weighted by atomic mass is 10.0. The van der Waals surface area contributed by atoms with Gasteiger partial charge in [0.05, 0.1) is 120 Å². The van der Waals surface area contributed by atoms with E-state index in [1.54, 1.807) is 151 Å². The monoisotopic (exact) mass is 1640 g/mol. The van der Waals surface area contributed by atoms with Gasteiger partial charge in [-0.2, -0.15) is 15.3 Å². The van der Waals surface area contributed by atoms with Crippen molar-refractivity contribution >= 4 is 41.7 Å². The maximum Gasteiger partial charge on any atom is 0.308 e. The molecule has 3 aliphatic carbocycles. The van der Waals surface area contributed by atoms with Crippen molar-refractivity contribution in [3.05, 3.63) is 203 Å². The van der Waals surface area contributed by atoms with Gasteiger partial charge in [-0.1, -0.05) is 105 Å². The minimum absolute atomic E-state index is 0.000721. The quantitative estimate of drug-likeness (QED) is 0.0285. The highest BCUT2D eigenvalue weighted by Crippen LogP contribution is 2.46. The third-order valence-corrected chi connectivity index (χ3v) is 20.8. The fourth-order valence-corrected chi connectivity index (χ4v) is 15.2. The zero-order valence-electron chi connectivity index (χ0n) is 69.9. The number of nitrogens with zero attached hydrogens (tertiary/aromatic N) is 6. The van der Waals surface area contributed by atoms with Crippen LogP contribution in [-0.2, 0) is 36.7 Å². The fourth-order valence-electron chi connectivity index (χ4n) is 15.2. The molecular formula is C92H110F3N9O15. The summed E-state index contributed by atoms with van der Waals surface area (Å²) in [6.07, 6.45) is 17.3. The van der Waals surface area contributed by atoms with E-state index in [1.807, 2.05) is 68.6 Å². The number of esters is 2. The number of carbonyl (C=O) groups is 6. The Bertz CT molecular complexity index is 4870. The van der Waals surface area contributed by atoms with Gasteiger partial charge in [-0.25, -0.2) is 13.2 Å². The van der Waals surface area contributed by atoms with E-state index < -0.39 is 59.0 Å². The molecule has 3 aliphatic rings. The van der Waals surface area contributed by atoms with E-state index in [9.17, 15) is 47.0 Å². The van der Waals surface area contributed by atoms with E-state index in [1.165, 1.54) is 36.4 Å². The third kappa shape index (κ3) is 25.1. The number of aromatic nitrogens is 6. The first-order valence-corrected chi connectivity index (χ1v) is 40.5. The first-order valence-electron chi connectivity index (χ1n) is 40.5. The van der Waals surface area contributed by atoms with Crippen LogP contribution in [0.25, 0.3) is 39.8 Å². The summed E-state index contributed by atoms with van der Waals surface area (Å²) in [6, 6.07) is 38.6. The maximum absolute atomic E-state index is 13.6. The molecule has 9 aromatic rings. The summed E-state index contributed by atoms with van der Waals surface area (Å²) in [7, 11) is 9.56. The molecule has 3 saturated carbocycles. The molecule has 0 bridgehead atoms. The number of amides is 3. The molecule has 27 heteroatoms. The van der Waals surface area contributed by atoms with Crippen LogP contribution in [0, 0.1) is 17.5 Å². The highest BCUT2D eigenvalue weighted by atomic mass is 19.1. The van der Waals surface area contributed by atoms with Gasteiger partial charge >= 0.3 is 17.9 Å². The van der Waals surface area contributed by atoms with Crippen molar-refractivity contribution in [1.82, 2.24) is 45.3 Å². The number of aliphatic carboxylic acids is 1. The summed E-state index contributed by atoms with van der Waals surface area (Å²) in [5, 5.41) is 32.4. The molecule has 634 valence electrons. The topological polar surface area (TPSA) is 286 Å². The van der Waals surface area contributed by atoms with Crippen molar-refractivity contribution in [1.29, 1.82) is 0 Å². The number of nitrogens with one attached hydrogen (secondary N) is 3. The maximum atomic E-state index is 13.6. The number of carboxylic acid groups (broad SMARTS) is 1. The third-order valence-electron chi connectivity index (χ3n) is 20.8. The second-order valence-corrected chi connectivity index (χ2v) is 31.8. The van der Waals surface area contributed by atoms with Crippen molar-refractivity contribution in [3.8, 4) is 68.3 Å². The van der Waals surface area contributed by atoms with Crippen molar-refractivity contribution < 1.29 is 84.9 Å². The summed E-state index contributed by atoms with van der Waals surface area (Å²) in [5.41, 5.74) is 6.19. The van der Waals surface area contributed by atoms with Crippen LogP contribution < -0.4 is 44.4 Å². The Morgan fingerprint density at radius 2 is 0.723 bits per heavy atom. The van der Waals surface area contributed by atoms with Gasteiger partial charge in [0.25, 0.3) is 17.7 Å². The number of carboxylic acids is 1. The largest absolute Gasteiger partial charge is 0.496 e. The summed E-state index contributed by atoms with van der Waals surface area (Å²) in [6.45, 7) is 10.8. The van der Waals surface area contributed by atoms with Crippen LogP contribution in [0.4, 0.5) is 13.2 Å².